The van der Waals surface area contributed by atoms with Crippen LogP contribution in [0.4, 0.5) is 8.78 Å². The van der Waals surface area contributed by atoms with E-state index < -0.39 is 18.4 Å². The summed E-state index contributed by atoms with van der Waals surface area (Å²) in [6.45, 7) is 7.37. The van der Waals surface area contributed by atoms with E-state index in [1.165, 1.54) is 20.8 Å². The monoisotopic (exact) mass is 193 g/mol. The van der Waals surface area contributed by atoms with Gasteiger partial charge in [0.1, 0.15) is 0 Å². The van der Waals surface area contributed by atoms with Crippen molar-refractivity contribution in [1.82, 2.24) is 4.90 Å². The smallest absolute Gasteiger partial charge is 0.316 e. The van der Waals surface area contributed by atoms with Gasteiger partial charge in [0, 0.05) is 5.57 Å². The van der Waals surface area contributed by atoms with Gasteiger partial charge in [-0.05, 0) is 20.8 Å². The van der Waals surface area contributed by atoms with E-state index in [1.807, 2.05) is 0 Å². The molecule has 0 aliphatic carbocycles. The largest absolute Gasteiger partial charge is 0.329 e. The Morgan fingerprint density at radius 1 is 1.31 bits per heavy atom. The molecule has 2 unspecified atom stereocenters. The second-order valence-corrected chi connectivity index (χ2v) is 3.21. The van der Waals surface area contributed by atoms with E-state index in [9.17, 15) is 8.78 Å². The highest BCUT2D eigenvalue weighted by atomic mass is 19.3. The molecule has 0 amide bonds. The topological polar surface area (TPSA) is 55.3 Å². The summed E-state index contributed by atoms with van der Waals surface area (Å²) in [4.78, 5) is 0.718. The molecule has 2 atom stereocenters. The van der Waals surface area contributed by atoms with E-state index in [2.05, 4.69) is 6.58 Å². The summed E-state index contributed by atoms with van der Waals surface area (Å²) in [5.41, 5.74) is 10.5. The standard InChI is InChI=1S/C8H17F2N3/c1-5(2)8(9,10)13(6(3)11)7(4)12/h6-7H,1,11-12H2,2-4H3. The fraction of sp³-hybridized carbons (Fsp3) is 0.750. The van der Waals surface area contributed by atoms with E-state index in [4.69, 9.17) is 11.5 Å². The van der Waals surface area contributed by atoms with Gasteiger partial charge in [0.25, 0.3) is 0 Å². The Hall–Kier alpha value is -0.520. The SMILES string of the molecule is C=C(C)C(F)(F)N(C(C)N)C(C)N. The lowest BCUT2D eigenvalue weighted by molar-refractivity contribution is -0.147. The molecule has 0 saturated carbocycles. The third kappa shape index (κ3) is 2.72. The summed E-state index contributed by atoms with van der Waals surface area (Å²) in [5, 5.41) is 0. The Morgan fingerprint density at radius 2 is 1.62 bits per heavy atom. The summed E-state index contributed by atoms with van der Waals surface area (Å²) < 4.78 is 26.8. The lowest BCUT2D eigenvalue weighted by Gasteiger charge is -2.37. The van der Waals surface area contributed by atoms with Gasteiger partial charge in [0.2, 0.25) is 0 Å². The first-order valence-corrected chi connectivity index (χ1v) is 4.04. The molecule has 0 radical (unpaired) electrons. The zero-order valence-corrected chi connectivity index (χ0v) is 8.22. The van der Waals surface area contributed by atoms with Crippen molar-refractivity contribution in [3.05, 3.63) is 12.2 Å². The molecule has 0 aromatic carbocycles. The maximum atomic E-state index is 13.4. The van der Waals surface area contributed by atoms with Gasteiger partial charge in [-0.2, -0.15) is 8.78 Å². The summed E-state index contributed by atoms with van der Waals surface area (Å²) in [6.07, 6.45) is -1.63. The Balaban J connectivity index is 4.83. The van der Waals surface area contributed by atoms with E-state index in [0.717, 1.165) is 4.90 Å². The van der Waals surface area contributed by atoms with Gasteiger partial charge in [-0.3, -0.25) is 0 Å². The van der Waals surface area contributed by atoms with Crippen LogP contribution in [0.1, 0.15) is 20.8 Å². The molecule has 0 aliphatic heterocycles. The molecule has 3 nitrogen and oxygen atoms in total. The first-order valence-electron chi connectivity index (χ1n) is 4.04. The lowest BCUT2D eigenvalue weighted by atomic mass is 10.2. The number of hydrogen-bond donors (Lipinski definition) is 2. The van der Waals surface area contributed by atoms with Crippen molar-refractivity contribution in [1.29, 1.82) is 0 Å². The van der Waals surface area contributed by atoms with Crippen LogP contribution in [0.3, 0.4) is 0 Å². The predicted octanol–water partition coefficient (Wildman–Crippen LogP) is 1.07. The van der Waals surface area contributed by atoms with Gasteiger partial charge >= 0.3 is 6.05 Å². The van der Waals surface area contributed by atoms with Crippen LogP contribution in [0.5, 0.6) is 0 Å². The zero-order valence-electron chi connectivity index (χ0n) is 8.22. The number of alkyl halides is 2. The van der Waals surface area contributed by atoms with Crippen LogP contribution >= 0.6 is 0 Å². The highest BCUT2D eigenvalue weighted by Gasteiger charge is 2.41. The van der Waals surface area contributed by atoms with E-state index >= 15 is 0 Å². The normalized spacial score (nSPS) is 17.2. The summed E-state index contributed by atoms with van der Waals surface area (Å²) >= 11 is 0. The third-order valence-electron chi connectivity index (χ3n) is 1.72. The molecule has 78 valence electrons. The van der Waals surface area contributed by atoms with Gasteiger partial charge in [0.05, 0.1) is 12.3 Å². The average molecular weight is 193 g/mol. The van der Waals surface area contributed by atoms with Crippen molar-refractivity contribution in [3.8, 4) is 0 Å². The third-order valence-corrected chi connectivity index (χ3v) is 1.72. The maximum absolute atomic E-state index is 13.4. The predicted molar refractivity (Wildman–Crippen MR) is 48.9 cm³/mol. The summed E-state index contributed by atoms with van der Waals surface area (Å²) in [5.74, 6) is 0. The molecule has 0 aromatic heterocycles. The second-order valence-electron chi connectivity index (χ2n) is 3.21. The first-order chi connectivity index (χ1) is 5.71. The molecule has 0 aliphatic rings. The molecule has 0 spiro atoms. The quantitative estimate of drug-likeness (QED) is 0.399. The molecule has 0 rings (SSSR count). The minimum absolute atomic E-state index is 0.262. The van der Waals surface area contributed by atoms with Crippen LogP contribution in [-0.2, 0) is 0 Å². The summed E-state index contributed by atoms with van der Waals surface area (Å²) in [7, 11) is 0. The highest BCUT2D eigenvalue weighted by Crippen LogP contribution is 2.28. The van der Waals surface area contributed by atoms with Crippen molar-refractivity contribution >= 4 is 0 Å². The zero-order chi connectivity index (χ0) is 10.8. The van der Waals surface area contributed by atoms with Gasteiger partial charge in [-0.25, -0.2) is 4.90 Å². The average Bonchev–Trinajstić information content (AvgIpc) is 1.82. The Morgan fingerprint density at radius 3 is 1.69 bits per heavy atom. The van der Waals surface area contributed by atoms with Crippen molar-refractivity contribution in [3.63, 3.8) is 0 Å². The highest BCUT2D eigenvalue weighted by molar-refractivity contribution is 5.04. The molecule has 0 fully saturated rings. The van der Waals surface area contributed by atoms with Crippen LogP contribution in [0.25, 0.3) is 0 Å². The van der Waals surface area contributed by atoms with Crippen molar-refractivity contribution in [2.45, 2.75) is 39.1 Å². The minimum atomic E-state index is -3.15. The van der Waals surface area contributed by atoms with Gasteiger partial charge in [-0.1, -0.05) is 6.58 Å². The number of nitrogens with zero attached hydrogens (tertiary/aromatic N) is 1. The minimum Gasteiger partial charge on any atom is -0.316 e. The van der Waals surface area contributed by atoms with Crippen molar-refractivity contribution in [2.75, 3.05) is 0 Å². The van der Waals surface area contributed by atoms with Crippen LogP contribution in [0, 0.1) is 0 Å². The number of rotatable bonds is 4. The number of halogens is 2. The van der Waals surface area contributed by atoms with E-state index in [-0.39, 0.29) is 5.57 Å². The van der Waals surface area contributed by atoms with E-state index in [0.29, 0.717) is 0 Å². The Kier molecular flexibility index (Phi) is 3.96. The Labute approximate surface area is 77.4 Å². The molecular formula is C8H17F2N3. The Bertz CT molecular complexity index is 182. The second kappa shape index (κ2) is 4.13. The fourth-order valence-corrected chi connectivity index (χ4v) is 1.10. The van der Waals surface area contributed by atoms with Crippen LogP contribution in [0.15, 0.2) is 12.2 Å². The van der Waals surface area contributed by atoms with Gasteiger partial charge in [0.15, 0.2) is 0 Å². The molecule has 4 N–H and O–H groups in total. The fourth-order valence-electron chi connectivity index (χ4n) is 1.10. The molecule has 0 aromatic rings. The van der Waals surface area contributed by atoms with Crippen LogP contribution in [-0.4, -0.2) is 23.3 Å². The maximum Gasteiger partial charge on any atom is 0.329 e. The summed E-state index contributed by atoms with van der Waals surface area (Å²) in [6, 6.07) is -3.15. The number of hydrogen-bond acceptors (Lipinski definition) is 3. The van der Waals surface area contributed by atoms with Crippen LogP contribution < -0.4 is 11.5 Å². The van der Waals surface area contributed by atoms with Gasteiger partial charge < -0.3 is 11.5 Å². The lowest BCUT2D eigenvalue weighted by Crippen LogP contribution is -2.58. The van der Waals surface area contributed by atoms with Gasteiger partial charge in [-0.15, -0.1) is 0 Å². The number of nitrogens with two attached hydrogens (primary N) is 2. The van der Waals surface area contributed by atoms with Crippen molar-refractivity contribution in [2.24, 2.45) is 11.5 Å². The molecule has 0 bridgehead atoms. The molecule has 0 heterocycles. The molecule has 5 heteroatoms. The molecular weight excluding hydrogens is 176 g/mol. The first kappa shape index (κ1) is 12.5. The van der Waals surface area contributed by atoms with E-state index in [1.54, 1.807) is 0 Å². The molecule has 13 heavy (non-hydrogen) atoms. The van der Waals surface area contributed by atoms with Crippen molar-refractivity contribution < 1.29 is 8.78 Å². The van der Waals surface area contributed by atoms with Crippen LogP contribution in [0.2, 0.25) is 0 Å². The molecule has 0 saturated heterocycles.